The van der Waals surface area contributed by atoms with E-state index >= 15 is 0 Å². The van der Waals surface area contributed by atoms with E-state index in [-0.39, 0.29) is 5.91 Å². The normalized spacial score (nSPS) is 18.6. The fourth-order valence-corrected chi connectivity index (χ4v) is 6.14. The van der Waals surface area contributed by atoms with Crippen molar-refractivity contribution in [2.45, 2.75) is 25.7 Å². The van der Waals surface area contributed by atoms with Crippen molar-refractivity contribution in [2.75, 3.05) is 37.0 Å². The molecule has 2 heterocycles. The molecule has 1 fully saturated rings. The Balaban J connectivity index is 1.77. The van der Waals surface area contributed by atoms with Gasteiger partial charge in [0, 0.05) is 30.6 Å². The Morgan fingerprint density at radius 3 is 2.55 bits per heavy atom. The molecule has 7 nitrogen and oxygen atoms in total. The number of rotatable bonds is 6. The van der Waals surface area contributed by atoms with E-state index in [2.05, 4.69) is 23.2 Å². The number of fused-ring (bicyclic) bond motifs is 1. The molecule has 0 radical (unpaired) electrons. The Labute approximate surface area is 202 Å². The SMILES string of the molecule is CCNc1ccc(C#N)cc1N=C1SC(=C2Sc3ccc(OC)cc3N2CC)C(=O)N1CC. The Hall–Kier alpha value is -3.09. The van der Waals surface area contributed by atoms with Crippen LogP contribution in [-0.2, 0) is 4.79 Å². The molecular weight excluding hydrogens is 454 g/mol. The lowest BCUT2D eigenvalue weighted by molar-refractivity contribution is -0.122. The van der Waals surface area contributed by atoms with E-state index in [9.17, 15) is 10.1 Å². The Bertz CT molecular complexity index is 1200. The lowest BCUT2D eigenvalue weighted by Gasteiger charge is -2.19. The smallest absolute Gasteiger partial charge is 0.269 e. The summed E-state index contributed by atoms with van der Waals surface area (Å²) in [5.41, 5.74) is 3.05. The number of nitrogens with zero attached hydrogens (tertiary/aromatic N) is 4. The van der Waals surface area contributed by atoms with Crippen molar-refractivity contribution in [2.24, 2.45) is 4.99 Å². The molecule has 0 atom stereocenters. The molecule has 0 bridgehead atoms. The van der Waals surface area contributed by atoms with E-state index in [1.165, 1.54) is 11.8 Å². The number of methoxy groups -OCH3 is 1. The van der Waals surface area contributed by atoms with Gasteiger partial charge < -0.3 is 15.0 Å². The summed E-state index contributed by atoms with van der Waals surface area (Å²) in [5, 5.41) is 14.2. The summed E-state index contributed by atoms with van der Waals surface area (Å²) in [6, 6.07) is 13.5. The van der Waals surface area contributed by atoms with Crippen molar-refractivity contribution in [3.8, 4) is 11.8 Å². The van der Waals surface area contributed by atoms with Gasteiger partial charge in [-0.25, -0.2) is 4.99 Å². The lowest BCUT2D eigenvalue weighted by Crippen LogP contribution is -2.29. The maximum absolute atomic E-state index is 13.4. The molecule has 0 aliphatic carbocycles. The number of hydrogen-bond donors (Lipinski definition) is 1. The van der Waals surface area contributed by atoms with Gasteiger partial charge in [-0.05, 0) is 62.9 Å². The third-order valence-corrected chi connectivity index (χ3v) is 7.69. The molecule has 2 aromatic rings. The second kappa shape index (κ2) is 9.81. The van der Waals surface area contributed by atoms with E-state index in [0.717, 1.165) is 40.1 Å². The van der Waals surface area contributed by atoms with Crippen LogP contribution in [0.4, 0.5) is 17.1 Å². The molecule has 33 heavy (non-hydrogen) atoms. The number of hydrogen-bond acceptors (Lipinski definition) is 8. The highest BCUT2D eigenvalue weighted by molar-refractivity contribution is 8.19. The molecule has 9 heteroatoms. The standard InChI is InChI=1S/C24H25N5O2S2/c1-5-26-17-10-8-15(14-25)12-18(17)27-24-29(7-3)22(30)21(33-24)23-28(6-2)19-13-16(31-4)9-11-20(19)32-23/h8-13,26H,5-7H2,1-4H3. The number of nitrogens with one attached hydrogen (secondary N) is 1. The Kier molecular flexibility index (Phi) is 6.86. The van der Waals surface area contributed by atoms with Gasteiger partial charge in [0.25, 0.3) is 5.91 Å². The molecule has 2 aliphatic rings. The van der Waals surface area contributed by atoms with Gasteiger partial charge in [0.1, 0.15) is 15.7 Å². The zero-order chi connectivity index (χ0) is 23.5. The third kappa shape index (κ3) is 4.28. The molecule has 1 N–H and O–H groups in total. The molecule has 0 spiro atoms. The first-order valence-corrected chi connectivity index (χ1v) is 12.4. The first kappa shape index (κ1) is 23.1. The highest BCUT2D eigenvalue weighted by atomic mass is 32.2. The second-order valence-corrected chi connectivity index (χ2v) is 9.24. The molecule has 0 unspecified atom stereocenters. The number of nitriles is 1. The highest BCUT2D eigenvalue weighted by Gasteiger charge is 2.39. The monoisotopic (exact) mass is 479 g/mol. The average molecular weight is 480 g/mol. The molecule has 0 saturated carbocycles. The molecular formula is C24H25N5O2S2. The molecule has 2 aromatic carbocycles. The van der Waals surface area contributed by atoms with Crippen LogP contribution in [0.3, 0.4) is 0 Å². The minimum atomic E-state index is -0.0524. The number of amidine groups is 1. The molecule has 170 valence electrons. The van der Waals surface area contributed by atoms with Gasteiger partial charge in [-0.1, -0.05) is 11.8 Å². The summed E-state index contributed by atoms with van der Waals surface area (Å²) in [7, 11) is 1.65. The Morgan fingerprint density at radius 2 is 1.88 bits per heavy atom. The second-order valence-electron chi connectivity index (χ2n) is 7.23. The van der Waals surface area contributed by atoms with Crippen LogP contribution in [-0.4, -0.2) is 42.7 Å². The molecule has 1 amide bonds. The predicted octanol–water partition coefficient (Wildman–Crippen LogP) is 5.38. The summed E-state index contributed by atoms with van der Waals surface area (Å²) in [4.78, 5) is 23.9. The van der Waals surface area contributed by atoms with Crippen LogP contribution in [0.1, 0.15) is 26.3 Å². The fourth-order valence-electron chi connectivity index (χ4n) is 3.71. The number of anilines is 2. The number of amides is 1. The van der Waals surface area contributed by atoms with Gasteiger partial charge in [-0.15, -0.1) is 0 Å². The van der Waals surface area contributed by atoms with E-state index in [1.54, 1.807) is 35.9 Å². The highest BCUT2D eigenvalue weighted by Crippen LogP contribution is 2.51. The topological polar surface area (TPSA) is 81.0 Å². The van der Waals surface area contributed by atoms with Crippen LogP contribution in [0.15, 0.2) is 56.2 Å². The van der Waals surface area contributed by atoms with E-state index < -0.39 is 0 Å². The van der Waals surface area contributed by atoms with E-state index in [4.69, 9.17) is 9.73 Å². The van der Waals surface area contributed by atoms with Crippen LogP contribution < -0.4 is 15.0 Å². The van der Waals surface area contributed by atoms with Crippen molar-refractivity contribution < 1.29 is 9.53 Å². The first-order chi connectivity index (χ1) is 16.0. The summed E-state index contributed by atoms with van der Waals surface area (Å²) >= 11 is 2.98. The number of thioether (sulfide) groups is 2. The zero-order valence-electron chi connectivity index (χ0n) is 19.0. The lowest BCUT2D eigenvalue weighted by atomic mass is 10.2. The molecule has 1 saturated heterocycles. The molecule has 2 aliphatic heterocycles. The molecule has 0 aromatic heterocycles. The van der Waals surface area contributed by atoms with Crippen molar-refractivity contribution in [1.29, 1.82) is 5.26 Å². The number of aliphatic imine (C=N–C) groups is 1. The number of benzene rings is 2. The van der Waals surface area contributed by atoms with Gasteiger partial charge in [-0.2, -0.15) is 5.26 Å². The summed E-state index contributed by atoms with van der Waals surface area (Å²) in [6.45, 7) is 7.99. The third-order valence-electron chi connectivity index (χ3n) is 5.31. The van der Waals surface area contributed by atoms with E-state index in [0.29, 0.717) is 27.9 Å². The van der Waals surface area contributed by atoms with Crippen LogP contribution in [0, 0.1) is 11.3 Å². The van der Waals surface area contributed by atoms with Crippen LogP contribution in [0.2, 0.25) is 0 Å². The van der Waals surface area contributed by atoms with Crippen molar-refractivity contribution in [1.82, 2.24) is 4.90 Å². The first-order valence-electron chi connectivity index (χ1n) is 10.8. The fraction of sp³-hybridized carbons (Fsp3) is 0.292. The Morgan fingerprint density at radius 1 is 1.09 bits per heavy atom. The van der Waals surface area contributed by atoms with Crippen molar-refractivity contribution in [3.63, 3.8) is 0 Å². The van der Waals surface area contributed by atoms with Gasteiger partial charge in [0.2, 0.25) is 0 Å². The van der Waals surface area contributed by atoms with Crippen LogP contribution >= 0.6 is 23.5 Å². The van der Waals surface area contributed by atoms with Crippen molar-refractivity contribution >= 4 is 51.7 Å². The van der Waals surface area contributed by atoms with Gasteiger partial charge >= 0.3 is 0 Å². The number of likely N-dealkylation sites (N-methyl/N-ethyl adjacent to an activating group) is 1. The summed E-state index contributed by atoms with van der Waals surface area (Å²) in [5.74, 6) is 0.735. The average Bonchev–Trinajstić information content (AvgIpc) is 3.35. The predicted molar refractivity (Wildman–Crippen MR) is 136 cm³/mol. The maximum atomic E-state index is 13.4. The number of ether oxygens (including phenoxy) is 1. The van der Waals surface area contributed by atoms with Gasteiger partial charge in [0.05, 0.1) is 35.8 Å². The minimum Gasteiger partial charge on any atom is -0.497 e. The molecule has 4 rings (SSSR count). The zero-order valence-corrected chi connectivity index (χ0v) is 20.6. The van der Waals surface area contributed by atoms with Crippen LogP contribution in [0.25, 0.3) is 0 Å². The van der Waals surface area contributed by atoms with Crippen LogP contribution in [0.5, 0.6) is 5.75 Å². The summed E-state index contributed by atoms with van der Waals surface area (Å²) in [6.07, 6.45) is 0. The number of carbonyl (C=O) groups excluding carboxylic acids is 1. The quantitative estimate of drug-likeness (QED) is 0.557. The van der Waals surface area contributed by atoms with Gasteiger partial charge in [0.15, 0.2) is 5.17 Å². The number of carbonyl (C=O) groups is 1. The van der Waals surface area contributed by atoms with Gasteiger partial charge in [-0.3, -0.25) is 9.69 Å². The maximum Gasteiger partial charge on any atom is 0.269 e. The largest absolute Gasteiger partial charge is 0.497 e. The van der Waals surface area contributed by atoms with E-state index in [1.807, 2.05) is 38.1 Å². The summed E-state index contributed by atoms with van der Waals surface area (Å²) < 4.78 is 5.40. The minimum absolute atomic E-state index is 0.0524. The van der Waals surface area contributed by atoms with Crippen molar-refractivity contribution in [3.05, 3.63) is 51.9 Å².